The van der Waals surface area contributed by atoms with E-state index in [2.05, 4.69) is 33.0 Å². The molecule has 0 aliphatic rings. The first kappa shape index (κ1) is 14.4. The maximum Gasteiger partial charge on any atom is 0.130 e. The SMILES string of the molecule is ClCc1cc(OCc2ccc3ccccc3n2)ccc1Br. The van der Waals surface area contributed by atoms with Crippen LogP contribution in [0.4, 0.5) is 0 Å². The summed E-state index contributed by atoms with van der Waals surface area (Å²) in [4.78, 5) is 4.59. The summed E-state index contributed by atoms with van der Waals surface area (Å²) in [6.45, 7) is 0.439. The van der Waals surface area contributed by atoms with Gasteiger partial charge in [0, 0.05) is 15.7 Å². The molecule has 3 rings (SSSR count). The second kappa shape index (κ2) is 6.46. The van der Waals surface area contributed by atoms with Crippen LogP contribution < -0.4 is 4.74 Å². The van der Waals surface area contributed by atoms with Gasteiger partial charge in [-0.05, 0) is 35.9 Å². The summed E-state index contributed by atoms with van der Waals surface area (Å²) in [5.74, 6) is 1.25. The number of benzene rings is 2. The van der Waals surface area contributed by atoms with Gasteiger partial charge in [-0.15, -0.1) is 11.6 Å². The minimum atomic E-state index is 0.439. The van der Waals surface area contributed by atoms with Gasteiger partial charge in [0.15, 0.2) is 0 Å². The van der Waals surface area contributed by atoms with Gasteiger partial charge in [-0.3, -0.25) is 0 Å². The fourth-order valence-corrected chi connectivity index (χ4v) is 2.86. The van der Waals surface area contributed by atoms with Crippen molar-refractivity contribution in [2.45, 2.75) is 12.5 Å². The molecule has 0 N–H and O–H groups in total. The van der Waals surface area contributed by atoms with Crippen LogP contribution in [-0.4, -0.2) is 4.98 Å². The maximum atomic E-state index is 5.89. The molecule has 0 radical (unpaired) electrons. The first-order valence-corrected chi connectivity index (χ1v) is 7.91. The van der Waals surface area contributed by atoms with E-state index >= 15 is 0 Å². The summed E-state index contributed by atoms with van der Waals surface area (Å²) >= 11 is 9.35. The van der Waals surface area contributed by atoms with E-state index in [1.54, 1.807) is 0 Å². The van der Waals surface area contributed by atoms with Gasteiger partial charge >= 0.3 is 0 Å². The molecule has 0 amide bonds. The van der Waals surface area contributed by atoms with Crippen LogP contribution in [0, 0.1) is 0 Å². The molecular weight excluding hydrogens is 350 g/mol. The van der Waals surface area contributed by atoms with Crippen molar-refractivity contribution in [3.8, 4) is 5.75 Å². The zero-order valence-electron chi connectivity index (χ0n) is 11.2. The number of pyridine rings is 1. The molecule has 1 aromatic heterocycles. The largest absolute Gasteiger partial charge is 0.487 e. The van der Waals surface area contributed by atoms with Crippen molar-refractivity contribution < 1.29 is 4.74 Å². The number of alkyl halides is 1. The summed E-state index contributed by atoms with van der Waals surface area (Å²) in [6, 6.07) is 17.9. The number of para-hydroxylation sites is 1. The van der Waals surface area contributed by atoms with Gasteiger partial charge in [0.25, 0.3) is 0 Å². The molecule has 2 aromatic carbocycles. The van der Waals surface area contributed by atoms with E-state index in [9.17, 15) is 0 Å². The van der Waals surface area contributed by atoms with E-state index in [-0.39, 0.29) is 0 Å². The highest BCUT2D eigenvalue weighted by atomic mass is 79.9. The van der Waals surface area contributed by atoms with Crippen LogP contribution in [0.25, 0.3) is 10.9 Å². The smallest absolute Gasteiger partial charge is 0.130 e. The molecular formula is C17H13BrClNO. The summed E-state index contributed by atoms with van der Waals surface area (Å²) in [6.07, 6.45) is 0. The number of hydrogen-bond donors (Lipinski definition) is 0. The lowest BCUT2D eigenvalue weighted by Crippen LogP contribution is -1.99. The molecule has 1 heterocycles. The van der Waals surface area contributed by atoms with Crippen molar-refractivity contribution in [1.29, 1.82) is 0 Å². The van der Waals surface area contributed by atoms with Crippen LogP contribution >= 0.6 is 27.5 Å². The average molecular weight is 363 g/mol. The minimum Gasteiger partial charge on any atom is -0.487 e. The Balaban J connectivity index is 1.76. The summed E-state index contributed by atoms with van der Waals surface area (Å²) in [7, 11) is 0. The summed E-state index contributed by atoms with van der Waals surface area (Å²) in [5.41, 5.74) is 2.90. The Morgan fingerprint density at radius 3 is 2.76 bits per heavy atom. The Hall–Kier alpha value is -1.58. The van der Waals surface area contributed by atoms with E-state index in [4.69, 9.17) is 16.3 Å². The van der Waals surface area contributed by atoms with Gasteiger partial charge in [-0.25, -0.2) is 4.98 Å². The molecule has 0 fully saturated rings. The van der Waals surface area contributed by atoms with E-state index in [1.165, 1.54) is 0 Å². The number of nitrogens with zero attached hydrogens (tertiary/aromatic N) is 1. The number of ether oxygens (including phenoxy) is 1. The van der Waals surface area contributed by atoms with Crippen molar-refractivity contribution >= 4 is 38.4 Å². The highest BCUT2D eigenvalue weighted by Gasteiger charge is 2.03. The normalized spacial score (nSPS) is 10.8. The van der Waals surface area contributed by atoms with Gasteiger partial charge in [0.2, 0.25) is 0 Å². The number of fused-ring (bicyclic) bond motifs is 1. The van der Waals surface area contributed by atoms with Gasteiger partial charge in [0.05, 0.1) is 11.2 Å². The topological polar surface area (TPSA) is 22.1 Å². The van der Waals surface area contributed by atoms with Crippen molar-refractivity contribution in [1.82, 2.24) is 4.98 Å². The molecule has 2 nitrogen and oxygen atoms in total. The average Bonchev–Trinajstić information content (AvgIpc) is 2.54. The molecule has 0 spiro atoms. The first-order valence-electron chi connectivity index (χ1n) is 6.58. The standard InChI is InChI=1S/C17H13BrClNO/c18-16-8-7-15(9-13(16)10-19)21-11-14-6-5-12-3-1-2-4-17(12)20-14/h1-9H,10-11H2. The van der Waals surface area contributed by atoms with Crippen LogP contribution in [0.3, 0.4) is 0 Å². The molecule has 0 atom stereocenters. The van der Waals surface area contributed by atoms with E-state index in [0.29, 0.717) is 12.5 Å². The van der Waals surface area contributed by atoms with Crippen LogP contribution in [0.2, 0.25) is 0 Å². The molecule has 0 saturated carbocycles. The molecule has 4 heteroatoms. The Labute approximate surface area is 136 Å². The van der Waals surface area contributed by atoms with Crippen molar-refractivity contribution in [2.75, 3.05) is 0 Å². The van der Waals surface area contributed by atoms with E-state index in [0.717, 1.165) is 32.4 Å². The number of aromatic nitrogens is 1. The van der Waals surface area contributed by atoms with E-state index in [1.807, 2.05) is 42.5 Å². The summed E-state index contributed by atoms with van der Waals surface area (Å²) < 4.78 is 6.79. The number of halogens is 2. The second-order valence-corrected chi connectivity index (χ2v) is 5.79. The molecule has 0 aliphatic carbocycles. The lowest BCUT2D eigenvalue weighted by molar-refractivity contribution is 0.301. The van der Waals surface area contributed by atoms with Crippen LogP contribution in [0.1, 0.15) is 11.3 Å². The molecule has 0 bridgehead atoms. The lowest BCUT2D eigenvalue weighted by atomic mass is 10.2. The van der Waals surface area contributed by atoms with Gasteiger partial charge in [0.1, 0.15) is 12.4 Å². The molecule has 0 aliphatic heterocycles. The fourth-order valence-electron chi connectivity index (χ4n) is 2.09. The zero-order chi connectivity index (χ0) is 14.7. The van der Waals surface area contributed by atoms with Crippen LogP contribution in [-0.2, 0) is 12.5 Å². The number of rotatable bonds is 4. The van der Waals surface area contributed by atoms with Crippen molar-refractivity contribution in [3.05, 3.63) is 70.3 Å². The van der Waals surface area contributed by atoms with Crippen molar-refractivity contribution in [3.63, 3.8) is 0 Å². The lowest BCUT2D eigenvalue weighted by Gasteiger charge is -2.08. The van der Waals surface area contributed by atoms with Crippen LogP contribution in [0.15, 0.2) is 59.1 Å². The predicted molar refractivity (Wildman–Crippen MR) is 89.8 cm³/mol. The Kier molecular flexibility index (Phi) is 4.42. The monoisotopic (exact) mass is 361 g/mol. The molecule has 0 unspecified atom stereocenters. The van der Waals surface area contributed by atoms with Gasteiger partial charge < -0.3 is 4.74 Å². The fraction of sp³-hybridized carbons (Fsp3) is 0.118. The van der Waals surface area contributed by atoms with Crippen LogP contribution in [0.5, 0.6) is 5.75 Å². The third-order valence-electron chi connectivity index (χ3n) is 3.20. The maximum absolute atomic E-state index is 5.89. The van der Waals surface area contributed by atoms with Gasteiger partial charge in [-0.1, -0.05) is 40.2 Å². The van der Waals surface area contributed by atoms with Crippen molar-refractivity contribution in [2.24, 2.45) is 0 Å². The molecule has 21 heavy (non-hydrogen) atoms. The first-order chi connectivity index (χ1) is 10.3. The summed E-state index contributed by atoms with van der Waals surface area (Å²) in [5, 5.41) is 1.13. The Morgan fingerprint density at radius 2 is 1.90 bits per heavy atom. The highest BCUT2D eigenvalue weighted by molar-refractivity contribution is 9.10. The predicted octanol–water partition coefficient (Wildman–Crippen LogP) is 5.32. The Morgan fingerprint density at radius 1 is 1.05 bits per heavy atom. The molecule has 0 saturated heterocycles. The quantitative estimate of drug-likeness (QED) is 0.586. The van der Waals surface area contributed by atoms with E-state index < -0.39 is 0 Å². The molecule has 3 aromatic rings. The Bertz CT molecular complexity index is 776. The minimum absolute atomic E-state index is 0.439. The third-order valence-corrected chi connectivity index (χ3v) is 4.27. The third kappa shape index (κ3) is 3.36. The second-order valence-electron chi connectivity index (χ2n) is 4.67. The zero-order valence-corrected chi connectivity index (χ0v) is 13.6. The highest BCUT2D eigenvalue weighted by Crippen LogP contribution is 2.24. The van der Waals surface area contributed by atoms with Gasteiger partial charge in [-0.2, -0.15) is 0 Å². The molecule has 106 valence electrons. The number of hydrogen-bond acceptors (Lipinski definition) is 2.